The van der Waals surface area contributed by atoms with Gasteiger partial charge in [0, 0.05) is 54.9 Å². The maximum Gasteiger partial charge on any atom is 0.131 e. The van der Waals surface area contributed by atoms with E-state index in [1.807, 2.05) is 18.2 Å². The predicted octanol–water partition coefficient (Wildman–Crippen LogP) is 3.87. The van der Waals surface area contributed by atoms with E-state index in [2.05, 4.69) is 20.2 Å². The Balaban J connectivity index is 1.78. The summed E-state index contributed by atoms with van der Waals surface area (Å²) in [7, 11) is 0. The first-order chi connectivity index (χ1) is 12.9. The number of piperidine rings is 1. The van der Waals surface area contributed by atoms with Crippen LogP contribution in [0.15, 0.2) is 30.6 Å². The lowest BCUT2D eigenvalue weighted by Crippen LogP contribution is -2.40. The van der Waals surface area contributed by atoms with Crippen molar-refractivity contribution >= 4 is 17.3 Å². The number of halogens is 2. The molecule has 0 unspecified atom stereocenters. The first-order valence-electron chi connectivity index (χ1n) is 9.26. The Morgan fingerprint density at radius 2 is 2.00 bits per heavy atom. The molecular weight excluding hydrogens is 367 g/mol. The molecule has 0 bridgehead atoms. The van der Waals surface area contributed by atoms with Gasteiger partial charge in [-0.1, -0.05) is 17.7 Å². The molecule has 3 heterocycles. The number of aromatic nitrogens is 2. The average Bonchev–Trinajstić information content (AvgIpc) is 2.63. The third-order valence-electron chi connectivity index (χ3n) is 4.96. The number of nitrogens with one attached hydrogen (secondary N) is 1. The zero-order valence-electron chi connectivity index (χ0n) is 15.8. The number of likely N-dealkylation sites (tertiary alicyclic amines) is 1. The second-order valence-corrected chi connectivity index (χ2v) is 7.88. The smallest absolute Gasteiger partial charge is 0.131 e. The van der Waals surface area contributed by atoms with E-state index in [-0.39, 0.29) is 6.67 Å². The van der Waals surface area contributed by atoms with Crippen LogP contribution < -0.4 is 5.32 Å². The summed E-state index contributed by atoms with van der Waals surface area (Å²) in [6, 6.07) is 5.87. The minimum absolute atomic E-state index is 0.297. The summed E-state index contributed by atoms with van der Waals surface area (Å²) in [6.45, 7) is 5.44. The third kappa shape index (κ3) is 5.15. The molecule has 1 saturated heterocycles. The molecule has 2 aromatic heterocycles. The summed E-state index contributed by atoms with van der Waals surface area (Å²) in [5, 5.41) is 14.1. The van der Waals surface area contributed by atoms with Gasteiger partial charge in [-0.15, -0.1) is 0 Å². The topological polar surface area (TPSA) is 61.3 Å². The summed E-state index contributed by atoms with van der Waals surface area (Å²) in [6.07, 6.45) is 5.30. The number of pyridine rings is 2. The van der Waals surface area contributed by atoms with Gasteiger partial charge < -0.3 is 15.3 Å². The van der Waals surface area contributed by atoms with Crippen LogP contribution in [-0.2, 0) is 5.60 Å². The summed E-state index contributed by atoms with van der Waals surface area (Å²) >= 11 is 6.12. The van der Waals surface area contributed by atoms with Crippen LogP contribution in [-0.4, -0.2) is 52.3 Å². The molecule has 0 radical (unpaired) electrons. The quantitative estimate of drug-likeness (QED) is 0.731. The molecule has 0 aromatic carbocycles. The molecule has 0 aliphatic carbocycles. The van der Waals surface area contributed by atoms with Crippen molar-refractivity contribution in [2.75, 3.05) is 31.6 Å². The van der Waals surface area contributed by atoms with Crippen molar-refractivity contribution in [2.24, 2.45) is 0 Å². The van der Waals surface area contributed by atoms with Gasteiger partial charge >= 0.3 is 0 Å². The van der Waals surface area contributed by atoms with Crippen molar-refractivity contribution < 1.29 is 9.50 Å². The van der Waals surface area contributed by atoms with Crippen LogP contribution in [0.5, 0.6) is 0 Å². The lowest BCUT2D eigenvalue weighted by atomic mass is 9.99. The lowest BCUT2D eigenvalue weighted by Gasteiger charge is -2.32. The SMILES string of the molecule is CC(C)(O)c1ccc(-c2cnc(Cl)cc2NC2CCN(CCF)CC2)nc1. The second kappa shape index (κ2) is 8.50. The largest absolute Gasteiger partial charge is 0.386 e. The highest BCUT2D eigenvalue weighted by Crippen LogP contribution is 2.31. The number of anilines is 1. The second-order valence-electron chi connectivity index (χ2n) is 7.49. The molecule has 0 spiro atoms. The molecule has 27 heavy (non-hydrogen) atoms. The summed E-state index contributed by atoms with van der Waals surface area (Å²) in [4.78, 5) is 10.9. The van der Waals surface area contributed by atoms with E-state index in [4.69, 9.17) is 11.6 Å². The summed E-state index contributed by atoms with van der Waals surface area (Å²) in [5.41, 5.74) is 2.35. The highest BCUT2D eigenvalue weighted by Gasteiger charge is 2.21. The molecule has 1 aliphatic heterocycles. The number of nitrogens with zero attached hydrogens (tertiary/aromatic N) is 3. The van der Waals surface area contributed by atoms with E-state index in [1.165, 1.54) is 0 Å². The Bertz CT molecular complexity index is 756. The minimum Gasteiger partial charge on any atom is -0.386 e. The zero-order chi connectivity index (χ0) is 19.4. The van der Waals surface area contributed by atoms with E-state index in [0.717, 1.165) is 48.4 Å². The van der Waals surface area contributed by atoms with Crippen molar-refractivity contribution in [1.29, 1.82) is 0 Å². The number of alkyl halides is 1. The van der Waals surface area contributed by atoms with Crippen molar-refractivity contribution in [3.05, 3.63) is 41.3 Å². The Morgan fingerprint density at radius 3 is 2.59 bits per heavy atom. The molecule has 5 nitrogen and oxygen atoms in total. The fourth-order valence-electron chi connectivity index (χ4n) is 3.31. The first kappa shape index (κ1) is 20.0. The van der Waals surface area contributed by atoms with Crippen LogP contribution in [0.1, 0.15) is 32.3 Å². The highest BCUT2D eigenvalue weighted by atomic mass is 35.5. The molecule has 0 saturated carbocycles. The van der Waals surface area contributed by atoms with E-state index < -0.39 is 5.60 Å². The van der Waals surface area contributed by atoms with E-state index in [9.17, 15) is 9.50 Å². The Morgan fingerprint density at radius 1 is 1.26 bits per heavy atom. The van der Waals surface area contributed by atoms with Crippen molar-refractivity contribution in [1.82, 2.24) is 14.9 Å². The number of hydrogen-bond acceptors (Lipinski definition) is 5. The van der Waals surface area contributed by atoms with E-state index in [0.29, 0.717) is 17.7 Å². The summed E-state index contributed by atoms with van der Waals surface area (Å²) < 4.78 is 12.5. The standard InChI is InChI=1S/C20H26ClFN4O/c1-20(2,27)14-3-4-17(23-12-14)16-13-24-19(21)11-18(16)25-15-5-8-26(9-6-15)10-7-22/h3-4,11-13,15,27H,5-10H2,1-2H3,(H,24,25). The first-order valence-corrected chi connectivity index (χ1v) is 9.64. The van der Waals surface area contributed by atoms with Crippen LogP contribution in [0.2, 0.25) is 5.15 Å². The van der Waals surface area contributed by atoms with Crippen molar-refractivity contribution in [3.63, 3.8) is 0 Å². The normalized spacial score (nSPS) is 16.5. The van der Waals surface area contributed by atoms with Crippen molar-refractivity contribution in [2.45, 2.75) is 38.3 Å². The average molecular weight is 393 g/mol. The Kier molecular flexibility index (Phi) is 6.29. The van der Waals surface area contributed by atoms with Gasteiger partial charge in [-0.3, -0.25) is 4.98 Å². The van der Waals surface area contributed by atoms with Crippen LogP contribution in [0.3, 0.4) is 0 Å². The molecule has 3 rings (SSSR count). The van der Waals surface area contributed by atoms with Gasteiger partial charge in [-0.25, -0.2) is 9.37 Å². The molecule has 2 N–H and O–H groups in total. The zero-order valence-corrected chi connectivity index (χ0v) is 16.5. The number of rotatable bonds is 6. The maximum atomic E-state index is 12.5. The van der Waals surface area contributed by atoms with Crippen molar-refractivity contribution in [3.8, 4) is 11.3 Å². The monoisotopic (exact) mass is 392 g/mol. The molecule has 146 valence electrons. The van der Waals surface area contributed by atoms with Gasteiger partial charge in [-0.2, -0.15) is 0 Å². The molecule has 2 aromatic rings. The van der Waals surface area contributed by atoms with Crippen LogP contribution in [0.4, 0.5) is 10.1 Å². The predicted molar refractivity (Wildman–Crippen MR) is 107 cm³/mol. The number of hydrogen-bond donors (Lipinski definition) is 2. The van der Waals surface area contributed by atoms with Gasteiger partial charge in [-0.05, 0) is 38.8 Å². The van der Waals surface area contributed by atoms with Gasteiger partial charge in [0.2, 0.25) is 0 Å². The molecular formula is C20H26ClFN4O. The fraction of sp³-hybridized carbons (Fsp3) is 0.500. The van der Waals surface area contributed by atoms with Gasteiger partial charge in [0.15, 0.2) is 0 Å². The fourth-order valence-corrected chi connectivity index (χ4v) is 3.47. The van der Waals surface area contributed by atoms with E-state index >= 15 is 0 Å². The minimum atomic E-state index is -0.932. The number of aliphatic hydroxyl groups is 1. The van der Waals surface area contributed by atoms with Gasteiger partial charge in [0.25, 0.3) is 0 Å². The molecule has 1 fully saturated rings. The Hall–Kier alpha value is -1.76. The molecule has 0 amide bonds. The highest BCUT2D eigenvalue weighted by molar-refractivity contribution is 6.29. The van der Waals surface area contributed by atoms with Gasteiger partial charge in [0.1, 0.15) is 11.8 Å². The van der Waals surface area contributed by atoms with Crippen LogP contribution in [0.25, 0.3) is 11.3 Å². The Labute approximate surface area is 164 Å². The molecule has 7 heteroatoms. The molecule has 1 aliphatic rings. The lowest BCUT2D eigenvalue weighted by molar-refractivity contribution is 0.0782. The van der Waals surface area contributed by atoms with Crippen LogP contribution in [0, 0.1) is 0 Å². The molecule has 0 atom stereocenters. The third-order valence-corrected chi connectivity index (χ3v) is 5.17. The summed E-state index contributed by atoms with van der Waals surface area (Å²) in [5.74, 6) is 0. The van der Waals surface area contributed by atoms with E-state index in [1.54, 1.807) is 26.2 Å². The maximum absolute atomic E-state index is 12.5. The van der Waals surface area contributed by atoms with Crippen LogP contribution >= 0.6 is 11.6 Å². The van der Waals surface area contributed by atoms with Gasteiger partial charge in [0.05, 0.1) is 11.3 Å².